The van der Waals surface area contributed by atoms with E-state index in [1.54, 1.807) is 0 Å². The standard InChI is InChI=1S/C16H23BrN2O/c1-12(2)11-18-4-6-19(7-5-18)16(20)14-8-13(3)9-15(17)10-14/h8-10,12H,4-7,11H2,1-3H3. The number of rotatable bonds is 3. The Morgan fingerprint density at radius 2 is 1.85 bits per heavy atom. The first kappa shape index (κ1) is 15.5. The number of amides is 1. The van der Waals surface area contributed by atoms with Crippen molar-refractivity contribution >= 4 is 21.8 Å². The van der Waals surface area contributed by atoms with E-state index in [2.05, 4.69) is 34.7 Å². The van der Waals surface area contributed by atoms with Gasteiger partial charge in [-0.3, -0.25) is 9.69 Å². The van der Waals surface area contributed by atoms with Crippen LogP contribution in [-0.4, -0.2) is 48.4 Å². The molecule has 0 N–H and O–H groups in total. The van der Waals surface area contributed by atoms with Crippen LogP contribution in [0.25, 0.3) is 0 Å². The van der Waals surface area contributed by atoms with Crippen LogP contribution >= 0.6 is 15.9 Å². The molecule has 20 heavy (non-hydrogen) atoms. The Morgan fingerprint density at radius 1 is 1.20 bits per heavy atom. The number of hydrogen-bond acceptors (Lipinski definition) is 2. The second-order valence-corrected chi connectivity index (χ2v) is 6.92. The average molecular weight is 339 g/mol. The maximum absolute atomic E-state index is 12.5. The van der Waals surface area contributed by atoms with Crippen LogP contribution in [-0.2, 0) is 0 Å². The van der Waals surface area contributed by atoms with Gasteiger partial charge in [0.15, 0.2) is 0 Å². The first-order valence-electron chi connectivity index (χ1n) is 7.24. The van der Waals surface area contributed by atoms with Crippen LogP contribution < -0.4 is 0 Å². The Bertz CT molecular complexity index is 459. The smallest absolute Gasteiger partial charge is 0.253 e. The number of aryl methyl sites for hydroxylation is 1. The lowest BCUT2D eigenvalue weighted by Crippen LogP contribution is -2.49. The molecule has 1 fully saturated rings. The van der Waals surface area contributed by atoms with E-state index in [-0.39, 0.29) is 5.91 Å². The zero-order valence-electron chi connectivity index (χ0n) is 12.5. The number of carbonyl (C=O) groups is 1. The lowest BCUT2D eigenvalue weighted by molar-refractivity contribution is 0.0623. The van der Waals surface area contributed by atoms with E-state index in [9.17, 15) is 4.79 Å². The molecule has 2 rings (SSSR count). The topological polar surface area (TPSA) is 23.6 Å². The van der Waals surface area contributed by atoms with Crippen molar-refractivity contribution in [2.24, 2.45) is 5.92 Å². The van der Waals surface area contributed by atoms with Crippen LogP contribution in [0.15, 0.2) is 22.7 Å². The molecule has 0 aromatic heterocycles. The highest BCUT2D eigenvalue weighted by molar-refractivity contribution is 9.10. The lowest BCUT2D eigenvalue weighted by atomic mass is 10.1. The van der Waals surface area contributed by atoms with E-state index in [1.165, 1.54) is 0 Å². The summed E-state index contributed by atoms with van der Waals surface area (Å²) in [6.45, 7) is 11.2. The Kier molecular flexibility index (Phi) is 5.22. The van der Waals surface area contributed by atoms with Gasteiger partial charge in [0.2, 0.25) is 0 Å². The van der Waals surface area contributed by atoms with Gasteiger partial charge in [0.25, 0.3) is 5.91 Å². The molecule has 1 heterocycles. The van der Waals surface area contributed by atoms with Crippen LogP contribution in [0.5, 0.6) is 0 Å². The van der Waals surface area contributed by atoms with Gasteiger partial charge in [-0.1, -0.05) is 29.8 Å². The van der Waals surface area contributed by atoms with Crippen LogP contribution in [0, 0.1) is 12.8 Å². The van der Waals surface area contributed by atoms with Crippen LogP contribution in [0.3, 0.4) is 0 Å². The van der Waals surface area contributed by atoms with Crippen molar-refractivity contribution in [2.75, 3.05) is 32.7 Å². The molecule has 1 aromatic carbocycles. The maximum Gasteiger partial charge on any atom is 0.253 e. The van der Waals surface area contributed by atoms with Crippen LogP contribution in [0.4, 0.5) is 0 Å². The molecule has 4 heteroatoms. The summed E-state index contributed by atoms with van der Waals surface area (Å²) < 4.78 is 0.972. The average Bonchev–Trinajstić information content (AvgIpc) is 2.37. The van der Waals surface area contributed by atoms with Gasteiger partial charge in [-0.25, -0.2) is 0 Å². The molecule has 0 aliphatic carbocycles. The molecule has 1 saturated heterocycles. The third-order valence-corrected chi connectivity index (χ3v) is 4.03. The molecule has 110 valence electrons. The highest BCUT2D eigenvalue weighted by Crippen LogP contribution is 2.17. The first-order valence-corrected chi connectivity index (χ1v) is 8.04. The van der Waals surface area contributed by atoms with Gasteiger partial charge in [0, 0.05) is 42.8 Å². The van der Waals surface area contributed by atoms with E-state index in [1.807, 2.05) is 30.0 Å². The highest BCUT2D eigenvalue weighted by Gasteiger charge is 2.22. The lowest BCUT2D eigenvalue weighted by Gasteiger charge is -2.35. The molecular weight excluding hydrogens is 316 g/mol. The highest BCUT2D eigenvalue weighted by atomic mass is 79.9. The molecule has 1 amide bonds. The van der Waals surface area contributed by atoms with E-state index in [4.69, 9.17) is 0 Å². The van der Waals surface area contributed by atoms with Crippen LogP contribution in [0.2, 0.25) is 0 Å². The first-order chi connectivity index (χ1) is 9.45. The van der Waals surface area contributed by atoms with E-state index < -0.39 is 0 Å². The summed E-state index contributed by atoms with van der Waals surface area (Å²) >= 11 is 3.46. The van der Waals surface area contributed by atoms with Gasteiger partial charge >= 0.3 is 0 Å². The number of carbonyl (C=O) groups excluding carboxylic acids is 1. The summed E-state index contributed by atoms with van der Waals surface area (Å²) in [5.74, 6) is 0.837. The normalized spacial score (nSPS) is 16.8. The minimum atomic E-state index is 0.151. The summed E-state index contributed by atoms with van der Waals surface area (Å²) in [7, 11) is 0. The summed E-state index contributed by atoms with van der Waals surface area (Å²) in [5.41, 5.74) is 1.90. The van der Waals surface area contributed by atoms with E-state index in [0.29, 0.717) is 5.92 Å². The minimum absolute atomic E-state index is 0.151. The number of piperazine rings is 1. The Labute approximate surface area is 130 Å². The summed E-state index contributed by atoms with van der Waals surface area (Å²) in [6.07, 6.45) is 0. The molecule has 0 spiro atoms. The molecule has 0 unspecified atom stereocenters. The molecule has 1 aliphatic heterocycles. The second-order valence-electron chi connectivity index (χ2n) is 6.00. The molecule has 1 aliphatic rings. The van der Waals surface area contributed by atoms with Gasteiger partial charge in [-0.2, -0.15) is 0 Å². The fourth-order valence-corrected chi connectivity index (χ4v) is 3.30. The predicted octanol–water partition coefficient (Wildman–Crippen LogP) is 3.17. The zero-order valence-corrected chi connectivity index (χ0v) is 14.1. The molecular formula is C16H23BrN2O. The number of benzene rings is 1. The number of nitrogens with zero attached hydrogens (tertiary/aromatic N) is 2. The van der Waals surface area contributed by atoms with Crippen molar-refractivity contribution in [3.05, 3.63) is 33.8 Å². The minimum Gasteiger partial charge on any atom is -0.336 e. The Hall–Kier alpha value is -0.870. The Morgan fingerprint density at radius 3 is 2.40 bits per heavy atom. The van der Waals surface area contributed by atoms with Crippen molar-refractivity contribution in [3.8, 4) is 0 Å². The number of halogens is 1. The Balaban J connectivity index is 1.98. The third-order valence-electron chi connectivity index (χ3n) is 3.57. The van der Waals surface area contributed by atoms with Crippen molar-refractivity contribution in [1.29, 1.82) is 0 Å². The van der Waals surface area contributed by atoms with Crippen molar-refractivity contribution in [1.82, 2.24) is 9.80 Å². The molecule has 3 nitrogen and oxygen atoms in total. The van der Waals surface area contributed by atoms with E-state index >= 15 is 0 Å². The van der Waals surface area contributed by atoms with Gasteiger partial charge in [0.05, 0.1) is 0 Å². The van der Waals surface area contributed by atoms with Crippen molar-refractivity contribution in [3.63, 3.8) is 0 Å². The molecule has 0 radical (unpaired) electrons. The largest absolute Gasteiger partial charge is 0.336 e. The third kappa shape index (κ3) is 4.06. The van der Waals surface area contributed by atoms with Gasteiger partial charge in [0.1, 0.15) is 0 Å². The molecule has 0 atom stereocenters. The van der Waals surface area contributed by atoms with Gasteiger partial charge in [-0.05, 0) is 36.6 Å². The molecule has 0 saturated carbocycles. The SMILES string of the molecule is Cc1cc(Br)cc(C(=O)N2CCN(CC(C)C)CC2)c1. The quantitative estimate of drug-likeness (QED) is 0.845. The number of hydrogen-bond donors (Lipinski definition) is 0. The molecule has 0 bridgehead atoms. The predicted molar refractivity (Wildman–Crippen MR) is 86.1 cm³/mol. The van der Waals surface area contributed by atoms with E-state index in [0.717, 1.165) is 48.3 Å². The maximum atomic E-state index is 12.5. The summed E-state index contributed by atoms with van der Waals surface area (Å²) in [5, 5.41) is 0. The monoisotopic (exact) mass is 338 g/mol. The second kappa shape index (κ2) is 6.72. The van der Waals surface area contributed by atoms with Crippen molar-refractivity contribution < 1.29 is 4.79 Å². The van der Waals surface area contributed by atoms with Crippen molar-refractivity contribution in [2.45, 2.75) is 20.8 Å². The fourth-order valence-electron chi connectivity index (χ4n) is 2.69. The summed E-state index contributed by atoms with van der Waals surface area (Å²) in [4.78, 5) is 16.9. The summed E-state index contributed by atoms with van der Waals surface area (Å²) in [6, 6.07) is 5.90. The van der Waals surface area contributed by atoms with Gasteiger partial charge < -0.3 is 4.90 Å². The zero-order chi connectivity index (χ0) is 14.7. The molecule has 1 aromatic rings. The van der Waals surface area contributed by atoms with Crippen LogP contribution in [0.1, 0.15) is 29.8 Å². The van der Waals surface area contributed by atoms with Gasteiger partial charge in [-0.15, -0.1) is 0 Å². The fraction of sp³-hybridized carbons (Fsp3) is 0.562.